The van der Waals surface area contributed by atoms with Gasteiger partial charge in [-0.3, -0.25) is 4.79 Å². The number of hydrogen-bond acceptors (Lipinski definition) is 6. The van der Waals surface area contributed by atoms with Crippen LogP contribution in [0.5, 0.6) is 0 Å². The number of nitrogens with zero attached hydrogens (tertiary/aromatic N) is 3. The van der Waals surface area contributed by atoms with E-state index >= 15 is 0 Å². The maximum atomic E-state index is 12.2. The summed E-state index contributed by atoms with van der Waals surface area (Å²) >= 11 is 1.17. The quantitative estimate of drug-likeness (QED) is 0.811. The molecule has 1 aliphatic carbocycles. The van der Waals surface area contributed by atoms with Crippen LogP contribution in [-0.4, -0.2) is 22.7 Å². The topological polar surface area (TPSA) is 116 Å². The number of nitrogens with one attached hydrogen (secondary N) is 1. The van der Waals surface area contributed by atoms with Crippen molar-refractivity contribution >= 4 is 23.5 Å². The molecule has 0 spiro atoms. The molecule has 3 N–H and O–H groups in total. The number of nitriles is 2. The summed E-state index contributed by atoms with van der Waals surface area (Å²) in [6.45, 7) is 4.40. The SMILES string of the molecule is C[C@H]1[C@@H](NC(=O)CSc2nc(N)c(C#N)cc2C#N)CCC[C@@H]1C. The monoisotopic (exact) mass is 343 g/mol. The number of hydrogen-bond donors (Lipinski definition) is 2. The molecule has 0 saturated heterocycles. The van der Waals surface area contributed by atoms with Crippen LogP contribution in [0.25, 0.3) is 0 Å². The van der Waals surface area contributed by atoms with Crippen molar-refractivity contribution < 1.29 is 4.79 Å². The first-order valence-corrected chi connectivity index (χ1v) is 8.97. The number of carbonyl (C=O) groups excluding carboxylic acids is 1. The van der Waals surface area contributed by atoms with E-state index in [2.05, 4.69) is 24.1 Å². The van der Waals surface area contributed by atoms with E-state index in [1.54, 1.807) is 0 Å². The molecule has 0 bridgehead atoms. The molecular formula is C17H21N5OS. The molecule has 1 aromatic rings. The van der Waals surface area contributed by atoms with Gasteiger partial charge in [0, 0.05) is 6.04 Å². The van der Waals surface area contributed by atoms with Crippen molar-refractivity contribution in [1.82, 2.24) is 10.3 Å². The Kier molecular flexibility index (Phi) is 6.05. The standard InChI is InChI=1S/C17H21N5OS/c1-10-4-3-5-14(11(10)2)21-15(23)9-24-17-13(8-19)6-12(7-18)16(20)22-17/h6,10-11,14H,3-5,9H2,1-2H3,(H2,20,22)(H,21,23)/t10-,11+,14-/m0/s1. The fourth-order valence-corrected chi connectivity index (χ4v) is 3.73. The lowest BCUT2D eigenvalue weighted by Crippen LogP contribution is -2.44. The van der Waals surface area contributed by atoms with Gasteiger partial charge in [0.1, 0.15) is 23.0 Å². The second-order valence-electron chi connectivity index (χ2n) is 6.23. The van der Waals surface area contributed by atoms with Crippen molar-refractivity contribution in [3.63, 3.8) is 0 Å². The summed E-state index contributed by atoms with van der Waals surface area (Å²) in [6, 6.07) is 5.51. The number of carbonyl (C=O) groups is 1. The van der Waals surface area contributed by atoms with Crippen LogP contribution in [0.15, 0.2) is 11.1 Å². The van der Waals surface area contributed by atoms with Crippen molar-refractivity contribution in [2.24, 2.45) is 11.8 Å². The Morgan fingerprint density at radius 3 is 2.75 bits per heavy atom. The maximum Gasteiger partial charge on any atom is 0.230 e. The highest BCUT2D eigenvalue weighted by Gasteiger charge is 2.28. The normalized spacial score (nSPS) is 23.1. The molecule has 2 rings (SSSR count). The third-order valence-corrected chi connectivity index (χ3v) is 5.64. The fourth-order valence-electron chi connectivity index (χ4n) is 2.96. The first-order valence-electron chi connectivity index (χ1n) is 7.99. The molecule has 6 nitrogen and oxygen atoms in total. The third-order valence-electron chi connectivity index (χ3n) is 4.65. The summed E-state index contributed by atoms with van der Waals surface area (Å²) in [5, 5.41) is 21.6. The summed E-state index contributed by atoms with van der Waals surface area (Å²) in [6.07, 6.45) is 3.35. The van der Waals surface area contributed by atoms with E-state index in [4.69, 9.17) is 16.3 Å². The second-order valence-corrected chi connectivity index (χ2v) is 7.19. The van der Waals surface area contributed by atoms with Crippen molar-refractivity contribution in [2.45, 2.75) is 44.2 Å². The molecule has 0 unspecified atom stereocenters. The van der Waals surface area contributed by atoms with Crippen LogP contribution in [0.2, 0.25) is 0 Å². The van der Waals surface area contributed by atoms with Gasteiger partial charge < -0.3 is 11.1 Å². The van der Waals surface area contributed by atoms with Gasteiger partial charge in [-0.1, -0.05) is 38.5 Å². The maximum absolute atomic E-state index is 12.2. The molecule has 0 aromatic carbocycles. The van der Waals surface area contributed by atoms with Crippen molar-refractivity contribution in [3.05, 3.63) is 17.2 Å². The van der Waals surface area contributed by atoms with Crippen molar-refractivity contribution in [1.29, 1.82) is 10.5 Å². The van der Waals surface area contributed by atoms with Crippen LogP contribution >= 0.6 is 11.8 Å². The van der Waals surface area contributed by atoms with Gasteiger partial charge in [0.25, 0.3) is 0 Å². The molecule has 24 heavy (non-hydrogen) atoms. The molecule has 126 valence electrons. The number of thioether (sulfide) groups is 1. The van der Waals surface area contributed by atoms with Crippen LogP contribution in [0.1, 0.15) is 44.2 Å². The minimum absolute atomic E-state index is 0.0698. The Labute approximate surface area is 146 Å². The summed E-state index contributed by atoms with van der Waals surface area (Å²) < 4.78 is 0. The molecule has 1 heterocycles. The van der Waals surface area contributed by atoms with Gasteiger partial charge in [-0.05, 0) is 24.3 Å². The summed E-state index contributed by atoms with van der Waals surface area (Å²) in [5.41, 5.74) is 6.12. The smallest absolute Gasteiger partial charge is 0.230 e. The highest BCUT2D eigenvalue weighted by Crippen LogP contribution is 2.30. The van der Waals surface area contributed by atoms with Gasteiger partial charge >= 0.3 is 0 Å². The molecular weight excluding hydrogens is 322 g/mol. The van der Waals surface area contributed by atoms with Crippen molar-refractivity contribution in [3.8, 4) is 12.1 Å². The highest BCUT2D eigenvalue weighted by atomic mass is 32.2. The van der Waals surface area contributed by atoms with E-state index in [0.717, 1.165) is 12.8 Å². The van der Waals surface area contributed by atoms with Crippen LogP contribution < -0.4 is 11.1 Å². The van der Waals surface area contributed by atoms with E-state index < -0.39 is 0 Å². The Bertz CT molecular complexity index is 706. The van der Waals surface area contributed by atoms with Gasteiger partial charge in [-0.25, -0.2) is 4.98 Å². The molecule has 3 atom stereocenters. The lowest BCUT2D eigenvalue weighted by molar-refractivity contribution is -0.119. The zero-order valence-electron chi connectivity index (χ0n) is 13.9. The van der Waals surface area contributed by atoms with Crippen LogP contribution in [-0.2, 0) is 4.79 Å². The van der Waals surface area contributed by atoms with Crippen LogP contribution in [0.3, 0.4) is 0 Å². The number of nitrogens with two attached hydrogens (primary N) is 1. The zero-order valence-corrected chi connectivity index (χ0v) is 14.7. The van der Waals surface area contributed by atoms with Crippen LogP contribution in [0.4, 0.5) is 5.82 Å². The van der Waals surface area contributed by atoms with Gasteiger partial charge in [-0.2, -0.15) is 10.5 Å². The predicted octanol–water partition coefficient (Wildman–Crippen LogP) is 2.44. The van der Waals surface area contributed by atoms with E-state index in [9.17, 15) is 4.79 Å². The largest absolute Gasteiger partial charge is 0.383 e. The lowest BCUT2D eigenvalue weighted by Gasteiger charge is -2.34. The summed E-state index contributed by atoms with van der Waals surface area (Å²) in [5.74, 6) is 1.26. The molecule has 1 saturated carbocycles. The van der Waals surface area contributed by atoms with Gasteiger partial charge in [0.2, 0.25) is 5.91 Å². The zero-order chi connectivity index (χ0) is 17.7. The number of rotatable bonds is 4. The minimum atomic E-state index is -0.0698. The fraction of sp³-hybridized carbons (Fsp3) is 0.529. The average Bonchev–Trinajstić information content (AvgIpc) is 2.57. The number of nitrogen functional groups attached to an aromatic ring is 1. The Hall–Kier alpha value is -2.25. The highest BCUT2D eigenvalue weighted by molar-refractivity contribution is 8.00. The minimum Gasteiger partial charge on any atom is -0.383 e. The lowest BCUT2D eigenvalue weighted by atomic mass is 9.78. The molecule has 1 fully saturated rings. The van der Waals surface area contributed by atoms with Gasteiger partial charge in [0.15, 0.2) is 0 Å². The predicted molar refractivity (Wildman–Crippen MR) is 92.9 cm³/mol. The molecule has 1 aliphatic rings. The second kappa shape index (κ2) is 8.03. The number of aromatic nitrogens is 1. The molecule has 1 aromatic heterocycles. The van der Waals surface area contributed by atoms with Gasteiger partial charge in [-0.15, -0.1) is 0 Å². The third kappa shape index (κ3) is 4.18. The molecule has 7 heteroatoms. The first kappa shape index (κ1) is 18.1. The number of pyridine rings is 1. The Balaban J connectivity index is 1.98. The van der Waals surface area contributed by atoms with E-state index in [0.29, 0.717) is 16.9 Å². The molecule has 0 radical (unpaired) electrons. The first-order chi connectivity index (χ1) is 11.5. The van der Waals surface area contributed by atoms with Crippen LogP contribution in [0, 0.1) is 34.5 Å². The van der Waals surface area contributed by atoms with Gasteiger partial charge in [0.05, 0.1) is 16.9 Å². The van der Waals surface area contributed by atoms with E-state index in [-0.39, 0.29) is 34.6 Å². The molecule has 0 aliphatic heterocycles. The van der Waals surface area contributed by atoms with E-state index in [1.807, 2.05) is 12.1 Å². The molecule has 1 amide bonds. The Morgan fingerprint density at radius 2 is 2.08 bits per heavy atom. The summed E-state index contributed by atoms with van der Waals surface area (Å²) in [7, 11) is 0. The van der Waals surface area contributed by atoms with Crippen molar-refractivity contribution in [2.75, 3.05) is 11.5 Å². The summed E-state index contributed by atoms with van der Waals surface area (Å²) in [4.78, 5) is 16.3. The average molecular weight is 343 g/mol. The number of amides is 1. The number of anilines is 1. The van der Waals surface area contributed by atoms with E-state index in [1.165, 1.54) is 24.2 Å². The Morgan fingerprint density at radius 1 is 1.38 bits per heavy atom.